The summed E-state index contributed by atoms with van der Waals surface area (Å²) in [6.45, 7) is 0. The average Bonchev–Trinajstić information content (AvgIpc) is 3.25. The number of fused-ring (bicyclic) bond motifs is 1. The van der Waals surface area contributed by atoms with Crippen LogP contribution >= 0.6 is 11.3 Å². The van der Waals surface area contributed by atoms with E-state index < -0.39 is 5.91 Å². The monoisotopic (exact) mass is 349 g/mol. The molecular weight excluding hydrogens is 334 g/mol. The van der Waals surface area contributed by atoms with Crippen LogP contribution in [0.1, 0.15) is 34.6 Å². The third-order valence-electron chi connectivity index (χ3n) is 3.94. The number of hydrogen-bond acceptors (Lipinski definition) is 5. The quantitative estimate of drug-likeness (QED) is 0.509. The van der Waals surface area contributed by atoms with Crippen LogP contribution in [0.2, 0.25) is 0 Å². The van der Waals surface area contributed by atoms with Gasteiger partial charge in [-0.3, -0.25) is 4.79 Å². The first kappa shape index (κ1) is 16.8. The zero-order valence-corrected chi connectivity index (χ0v) is 14.2. The molecule has 25 heavy (non-hydrogen) atoms. The second-order valence-electron chi connectivity index (χ2n) is 5.55. The van der Waals surface area contributed by atoms with Crippen LogP contribution in [0.15, 0.2) is 40.5 Å². The lowest BCUT2D eigenvalue weighted by molar-refractivity contribution is -0.112. The fourth-order valence-electron chi connectivity index (χ4n) is 2.73. The van der Waals surface area contributed by atoms with E-state index in [1.165, 1.54) is 22.3 Å². The highest BCUT2D eigenvalue weighted by molar-refractivity contribution is 7.16. The van der Waals surface area contributed by atoms with Crippen molar-refractivity contribution in [1.29, 1.82) is 10.5 Å². The Morgan fingerprint density at radius 2 is 2.16 bits per heavy atom. The standard InChI is InChI=1S/C19H15N3O2S/c20-11-13(5-3-6-14-7-4-10-24-14)18(23)22-19-16(12-21)15-8-1-2-9-17(15)25-19/h3-7,10H,1-2,8-9H2,(H,22,23)/b6-3+,13-5+. The molecule has 1 aliphatic rings. The van der Waals surface area contributed by atoms with Gasteiger partial charge in [0.1, 0.15) is 28.5 Å². The molecule has 124 valence electrons. The number of furan rings is 1. The number of anilines is 1. The van der Waals surface area contributed by atoms with E-state index in [1.807, 2.05) is 6.07 Å². The molecule has 0 aliphatic heterocycles. The van der Waals surface area contributed by atoms with E-state index in [2.05, 4.69) is 11.4 Å². The smallest absolute Gasteiger partial charge is 0.266 e. The van der Waals surface area contributed by atoms with Gasteiger partial charge in [0.25, 0.3) is 5.91 Å². The van der Waals surface area contributed by atoms with Crippen LogP contribution in [0, 0.1) is 22.7 Å². The summed E-state index contributed by atoms with van der Waals surface area (Å²) in [4.78, 5) is 13.5. The number of allylic oxidation sites excluding steroid dienone is 2. The second kappa shape index (κ2) is 7.65. The summed E-state index contributed by atoms with van der Waals surface area (Å²) in [5.41, 5.74) is 1.56. The minimum Gasteiger partial charge on any atom is -0.465 e. The van der Waals surface area contributed by atoms with Gasteiger partial charge in [0.05, 0.1) is 11.8 Å². The first-order chi connectivity index (χ1) is 12.2. The number of nitrogens with one attached hydrogen (secondary N) is 1. The Morgan fingerprint density at radius 3 is 2.88 bits per heavy atom. The maximum Gasteiger partial charge on any atom is 0.266 e. The highest BCUT2D eigenvalue weighted by atomic mass is 32.1. The van der Waals surface area contributed by atoms with E-state index in [0.29, 0.717) is 16.3 Å². The van der Waals surface area contributed by atoms with Crippen molar-refractivity contribution < 1.29 is 9.21 Å². The zero-order valence-electron chi connectivity index (χ0n) is 13.4. The number of hydrogen-bond donors (Lipinski definition) is 1. The molecular formula is C19H15N3O2S. The molecule has 0 radical (unpaired) electrons. The summed E-state index contributed by atoms with van der Waals surface area (Å²) in [6, 6.07) is 7.61. The second-order valence-corrected chi connectivity index (χ2v) is 6.65. The summed E-state index contributed by atoms with van der Waals surface area (Å²) < 4.78 is 5.15. The average molecular weight is 349 g/mol. The van der Waals surface area contributed by atoms with Crippen LogP contribution in [-0.2, 0) is 17.6 Å². The Kier molecular flexibility index (Phi) is 5.13. The van der Waals surface area contributed by atoms with Gasteiger partial charge in [-0.25, -0.2) is 0 Å². The third kappa shape index (κ3) is 3.71. The fraction of sp³-hybridized carbons (Fsp3) is 0.211. The lowest BCUT2D eigenvalue weighted by Crippen LogP contribution is -2.13. The molecule has 0 aromatic carbocycles. The number of thiophene rings is 1. The van der Waals surface area contributed by atoms with Gasteiger partial charge in [0.15, 0.2) is 0 Å². The van der Waals surface area contributed by atoms with Gasteiger partial charge < -0.3 is 9.73 Å². The third-order valence-corrected chi connectivity index (χ3v) is 5.15. The molecule has 0 unspecified atom stereocenters. The van der Waals surface area contributed by atoms with Crippen molar-refractivity contribution in [3.63, 3.8) is 0 Å². The maximum absolute atomic E-state index is 12.4. The van der Waals surface area contributed by atoms with Crippen LogP contribution in [-0.4, -0.2) is 5.91 Å². The largest absolute Gasteiger partial charge is 0.465 e. The highest BCUT2D eigenvalue weighted by Crippen LogP contribution is 2.37. The summed E-state index contributed by atoms with van der Waals surface area (Å²) in [7, 11) is 0. The van der Waals surface area contributed by atoms with Crippen LogP contribution in [0.5, 0.6) is 0 Å². The van der Waals surface area contributed by atoms with Crippen LogP contribution < -0.4 is 5.32 Å². The molecule has 5 nitrogen and oxygen atoms in total. The van der Waals surface area contributed by atoms with Crippen molar-refractivity contribution in [2.45, 2.75) is 25.7 Å². The number of nitriles is 2. The lowest BCUT2D eigenvalue weighted by Gasteiger charge is -2.09. The first-order valence-electron chi connectivity index (χ1n) is 7.91. The van der Waals surface area contributed by atoms with Crippen molar-refractivity contribution in [3.05, 3.63) is 57.9 Å². The molecule has 0 fully saturated rings. The van der Waals surface area contributed by atoms with Gasteiger partial charge in [-0.15, -0.1) is 11.3 Å². The summed E-state index contributed by atoms with van der Waals surface area (Å²) in [5, 5.41) is 21.9. The Morgan fingerprint density at radius 1 is 1.32 bits per heavy atom. The van der Waals surface area contributed by atoms with E-state index in [9.17, 15) is 15.3 Å². The van der Waals surface area contributed by atoms with Crippen LogP contribution in [0.4, 0.5) is 5.00 Å². The van der Waals surface area contributed by atoms with Crippen molar-refractivity contribution in [2.24, 2.45) is 0 Å². The summed E-state index contributed by atoms with van der Waals surface area (Å²) >= 11 is 1.44. The van der Waals surface area contributed by atoms with Crippen molar-refractivity contribution in [2.75, 3.05) is 5.32 Å². The molecule has 0 bridgehead atoms. The Labute approximate surface area is 149 Å². The summed E-state index contributed by atoms with van der Waals surface area (Å²) in [6.07, 6.45) is 10.2. The summed E-state index contributed by atoms with van der Waals surface area (Å²) in [5.74, 6) is 0.119. The number of nitrogens with zero attached hydrogens (tertiary/aromatic N) is 2. The van der Waals surface area contributed by atoms with Crippen LogP contribution in [0.3, 0.4) is 0 Å². The van der Waals surface area contributed by atoms with Gasteiger partial charge >= 0.3 is 0 Å². The Bertz CT molecular complexity index is 921. The minimum atomic E-state index is -0.512. The molecule has 6 heteroatoms. The molecule has 0 saturated heterocycles. The molecule has 0 spiro atoms. The number of rotatable bonds is 4. The number of carbonyl (C=O) groups excluding carboxylic acids is 1. The zero-order chi connectivity index (χ0) is 17.6. The molecule has 1 N–H and O–H groups in total. The molecule has 1 aliphatic carbocycles. The predicted molar refractivity (Wildman–Crippen MR) is 95.7 cm³/mol. The minimum absolute atomic E-state index is 0.0296. The number of aryl methyl sites for hydroxylation is 1. The van der Waals surface area contributed by atoms with Gasteiger partial charge in [0, 0.05) is 4.88 Å². The normalized spacial score (nSPS) is 13.9. The van der Waals surface area contributed by atoms with E-state index in [1.54, 1.807) is 30.5 Å². The molecule has 3 rings (SSSR count). The lowest BCUT2D eigenvalue weighted by atomic mass is 9.96. The molecule has 0 saturated carbocycles. The van der Waals surface area contributed by atoms with Gasteiger partial charge in [-0.05, 0) is 55.5 Å². The van der Waals surface area contributed by atoms with Gasteiger partial charge in [0.2, 0.25) is 0 Å². The van der Waals surface area contributed by atoms with E-state index in [4.69, 9.17) is 4.42 Å². The Balaban J connectivity index is 1.78. The number of amides is 1. The van der Waals surface area contributed by atoms with Gasteiger partial charge in [-0.2, -0.15) is 10.5 Å². The predicted octanol–water partition coefficient (Wildman–Crippen LogP) is 4.19. The topological polar surface area (TPSA) is 89.8 Å². The van der Waals surface area contributed by atoms with E-state index in [-0.39, 0.29) is 5.57 Å². The SMILES string of the molecule is N#C/C(=C\C=C\c1ccco1)C(=O)Nc1sc2c(c1C#N)CCCC2. The first-order valence-corrected chi connectivity index (χ1v) is 8.72. The van der Waals surface area contributed by atoms with E-state index >= 15 is 0 Å². The van der Waals surface area contributed by atoms with Crippen molar-refractivity contribution >= 4 is 28.3 Å². The van der Waals surface area contributed by atoms with Gasteiger partial charge in [-0.1, -0.05) is 6.08 Å². The van der Waals surface area contributed by atoms with Crippen LogP contribution in [0.25, 0.3) is 6.08 Å². The maximum atomic E-state index is 12.4. The molecule has 0 atom stereocenters. The van der Waals surface area contributed by atoms with Crippen molar-refractivity contribution in [1.82, 2.24) is 0 Å². The van der Waals surface area contributed by atoms with E-state index in [0.717, 1.165) is 31.2 Å². The number of carbonyl (C=O) groups is 1. The highest BCUT2D eigenvalue weighted by Gasteiger charge is 2.22. The molecule has 2 aromatic rings. The van der Waals surface area contributed by atoms with Crippen molar-refractivity contribution in [3.8, 4) is 12.1 Å². The molecule has 1 amide bonds. The molecule has 2 heterocycles. The fourth-order valence-corrected chi connectivity index (χ4v) is 3.97. The molecule has 2 aromatic heterocycles. The Hall–Kier alpha value is -3.09.